The molecule has 0 saturated carbocycles. The Morgan fingerprint density at radius 3 is 1.59 bits per heavy atom. The number of ether oxygens (including phenoxy) is 4. The van der Waals surface area contributed by atoms with Gasteiger partial charge in [-0.2, -0.15) is 10.5 Å². The van der Waals surface area contributed by atoms with Gasteiger partial charge in [0.2, 0.25) is 0 Å². The van der Waals surface area contributed by atoms with E-state index in [-0.39, 0.29) is 81.0 Å². The highest BCUT2D eigenvalue weighted by Gasteiger charge is 2.54. The average Bonchev–Trinajstić information content (AvgIpc) is 0.744. The molecule has 0 bridgehead atoms. The molecule has 26 heteroatoms. The Balaban J connectivity index is 0.000000256. The second-order valence-electron chi connectivity index (χ2n) is 32.6. The standard InChI is InChI=1S/C52H66N6O6SSi2.C34H38N6O3SSi/c1-37-28-39(31-53)29-45(62-36-60-26-27-66(8,9)10)46(37)44-32-54-48(61-35-38-20-14-11-15-21-38)47(56-44)57-49(65)55-40-30-41(34-58(33-40)50(59)63-51(2,3)4)64-67(52(5,6)7,42-22-16-12-17-23-42)43-24-18-13-19-25-43;1-22-15-23(18-35)16-29(41)30(22)28-21-37-32(42)31(39-28)40-33(44)38-24-17-25(20-36-19-24)43-45(34(2,3)4,26-11-7-5-8-12-26)27-13-9-6-10-14-27/h11-25,28-29,32,40-41H,26-27,30,33-36H2,1-10H3,(H2,55,56,57,65);5-16,21,24-25,36,41H,17,19-20H2,1-4H3,(H,37,42)(H2,38,39,40,44)/t40-,41+;24-,25+/m11/s1. The maximum atomic E-state index is 13.9. The number of aryl methyl sites for hydroxylation is 2. The third kappa shape index (κ3) is 21.6. The second-order valence-corrected chi connectivity index (χ2v) is 47.5. The minimum Gasteiger partial charge on any atom is -0.507 e. The van der Waals surface area contributed by atoms with Crippen molar-refractivity contribution in [3.8, 4) is 57.9 Å². The highest BCUT2D eigenvalue weighted by Crippen LogP contribution is 2.42. The van der Waals surface area contributed by atoms with Crippen molar-refractivity contribution in [2.45, 2.75) is 161 Å². The predicted octanol–water partition coefficient (Wildman–Crippen LogP) is 14.2. The van der Waals surface area contributed by atoms with Gasteiger partial charge in [-0.05, 0) is 150 Å². The normalized spacial score (nSPS) is 16.1. The predicted molar refractivity (Wildman–Crippen MR) is 459 cm³/mol. The molecule has 112 heavy (non-hydrogen) atoms. The first-order valence-electron chi connectivity index (χ1n) is 37.8. The van der Waals surface area contributed by atoms with Gasteiger partial charge in [-0.1, -0.05) is 213 Å². The number of carbonyl (C=O) groups excluding carboxylic acids is 1. The molecule has 0 radical (unpaired) electrons. The van der Waals surface area contributed by atoms with Gasteiger partial charge >= 0.3 is 6.09 Å². The van der Waals surface area contributed by atoms with E-state index in [1.165, 1.54) is 22.6 Å². The molecule has 7 aromatic carbocycles. The molecule has 0 spiro atoms. The van der Waals surface area contributed by atoms with Crippen molar-refractivity contribution in [1.82, 2.24) is 40.8 Å². The molecule has 21 nitrogen and oxygen atoms in total. The third-order valence-corrected chi connectivity index (χ3v) is 31.7. The highest BCUT2D eigenvalue weighted by atomic mass is 32.1. The number of anilines is 2. The van der Waals surface area contributed by atoms with Crippen molar-refractivity contribution in [3.05, 3.63) is 216 Å². The summed E-state index contributed by atoms with van der Waals surface area (Å²) >= 11 is 11.7. The second kappa shape index (κ2) is 37.1. The smallest absolute Gasteiger partial charge is 0.410 e. The Bertz CT molecular complexity index is 4690. The van der Waals surface area contributed by atoms with Gasteiger partial charge in [0.25, 0.3) is 28.4 Å². The molecule has 0 aliphatic carbocycles. The van der Waals surface area contributed by atoms with Crippen LogP contribution in [0, 0.1) is 36.5 Å². The molecule has 2 aromatic heterocycles. The lowest BCUT2D eigenvalue weighted by molar-refractivity contribution is 0.00202. The molecule has 0 unspecified atom stereocenters. The molecule has 2 aliphatic heterocycles. The van der Waals surface area contributed by atoms with Gasteiger partial charge < -0.3 is 69.5 Å². The number of phenols is 1. The van der Waals surface area contributed by atoms with Crippen LogP contribution in [-0.2, 0) is 24.9 Å². The van der Waals surface area contributed by atoms with Gasteiger partial charge in [-0.25, -0.2) is 24.7 Å². The maximum Gasteiger partial charge on any atom is 0.410 e. The number of carbonyl (C=O) groups is 1. The first-order valence-corrected chi connectivity index (χ1v) is 46.1. The van der Waals surface area contributed by atoms with E-state index in [9.17, 15) is 25.5 Å². The number of aromatic nitrogens is 4. The fourth-order valence-corrected chi connectivity index (χ4v) is 25.0. The van der Waals surface area contributed by atoms with Crippen LogP contribution in [0.3, 0.4) is 0 Å². The van der Waals surface area contributed by atoms with Gasteiger partial charge in [0.1, 0.15) is 23.7 Å². The number of hydrogen-bond donors (Lipinski definition) is 7. The van der Waals surface area contributed by atoms with Crippen LogP contribution in [-0.4, -0.2) is 146 Å². The lowest BCUT2D eigenvalue weighted by atomic mass is 10.0. The molecule has 7 N–H and O–H groups in total. The summed E-state index contributed by atoms with van der Waals surface area (Å²) < 4.78 is 39.3. The van der Waals surface area contributed by atoms with E-state index in [2.05, 4.69) is 201 Å². The van der Waals surface area contributed by atoms with Crippen molar-refractivity contribution in [1.29, 1.82) is 10.5 Å². The molecular weight excluding hydrogens is 1490 g/mol. The highest BCUT2D eigenvalue weighted by molar-refractivity contribution is 7.80. The summed E-state index contributed by atoms with van der Waals surface area (Å²) in [5, 5.41) is 61.6. The minimum atomic E-state index is -3.02. The minimum absolute atomic E-state index is 0.0130. The van der Waals surface area contributed by atoms with Crippen molar-refractivity contribution < 1.29 is 42.8 Å². The van der Waals surface area contributed by atoms with Crippen LogP contribution in [0.4, 0.5) is 16.4 Å². The number of amides is 1. The summed E-state index contributed by atoms with van der Waals surface area (Å²) in [7, 11) is -7.07. The Morgan fingerprint density at radius 1 is 0.598 bits per heavy atom. The van der Waals surface area contributed by atoms with Crippen LogP contribution in [0.1, 0.15) is 103 Å². The van der Waals surface area contributed by atoms with Gasteiger partial charge in [0.15, 0.2) is 28.7 Å². The Kier molecular flexibility index (Phi) is 28.0. The molecule has 9 aromatic rings. The molecule has 1 amide bonds. The number of nitrogens with one attached hydrogen (secondary N) is 5. The lowest BCUT2D eigenvalue weighted by Crippen LogP contribution is -2.69. The lowest BCUT2D eigenvalue weighted by Gasteiger charge is -2.48. The summed E-state index contributed by atoms with van der Waals surface area (Å²) in [6, 6.07) is 63.3. The molecule has 4 heterocycles. The number of thiocarbonyl (C=S) groups is 2. The number of nitrogens with zero attached hydrogens (tertiary/aromatic N) is 7. The summed E-state index contributed by atoms with van der Waals surface area (Å²) in [6.45, 7) is 32.6. The van der Waals surface area contributed by atoms with Crippen molar-refractivity contribution in [3.63, 3.8) is 0 Å². The van der Waals surface area contributed by atoms with E-state index in [0.29, 0.717) is 84.2 Å². The monoisotopic (exact) mass is 1600 g/mol. The van der Waals surface area contributed by atoms with Crippen LogP contribution in [0.5, 0.6) is 23.3 Å². The van der Waals surface area contributed by atoms with Gasteiger partial charge in [0, 0.05) is 64.1 Å². The van der Waals surface area contributed by atoms with E-state index in [4.69, 9.17) is 62.2 Å². The van der Waals surface area contributed by atoms with Gasteiger partial charge in [-0.3, -0.25) is 0 Å². The van der Waals surface area contributed by atoms with Crippen molar-refractivity contribution >= 4 is 97.8 Å². The van der Waals surface area contributed by atoms with E-state index in [1.807, 2.05) is 88.4 Å². The van der Waals surface area contributed by atoms with Crippen LogP contribution in [0.25, 0.3) is 22.5 Å². The van der Waals surface area contributed by atoms with Crippen LogP contribution >= 0.6 is 24.4 Å². The number of likely N-dealkylation sites (tertiary alicyclic amines) is 1. The van der Waals surface area contributed by atoms with Crippen LogP contribution in [0.15, 0.2) is 188 Å². The zero-order valence-electron chi connectivity index (χ0n) is 66.5. The van der Waals surface area contributed by atoms with E-state index in [1.54, 1.807) is 36.2 Å². The Labute approximate surface area is 673 Å². The fourth-order valence-electron chi connectivity index (χ4n) is 14.3. The zero-order chi connectivity index (χ0) is 80.6. The first-order chi connectivity index (χ1) is 53.3. The summed E-state index contributed by atoms with van der Waals surface area (Å²) in [4.78, 5) is 34.0. The van der Waals surface area contributed by atoms with Crippen LogP contribution < -0.4 is 56.8 Å². The molecule has 4 atom stereocenters. The molecule has 11 rings (SSSR count). The zero-order valence-corrected chi connectivity index (χ0v) is 71.1. The van der Waals surface area contributed by atoms with Crippen molar-refractivity contribution in [2.24, 2.45) is 0 Å². The van der Waals surface area contributed by atoms with Gasteiger partial charge in [-0.15, -0.1) is 0 Å². The number of nitriles is 2. The van der Waals surface area contributed by atoms with Crippen LogP contribution in [0.2, 0.25) is 35.8 Å². The average molecular weight is 1600 g/mol. The Morgan fingerprint density at radius 2 is 1.07 bits per heavy atom. The third-order valence-electron chi connectivity index (χ3n) is 19.4. The summed E-state index contributed by atoms with van der Waals surface area (Å²) in [5.41, 5.74) is 4.32. The first kappa shape index (κ1) is 84.5. The van der Waals surface area contributed by atoms with Gasteiger partial charge in [0.05, 0.1) is 59.3 Å². The quantitative estimate of drug-likeness (QED) is 0.0136. The maximum absolute atomic E-state index is 13.9. The molecular formula is C86H104N12O9S2Si3. The summed E-state index contributed by atoms with van der Waals surface area (Å²) in [5.74, 6) is 0.567. The van der Waals surface area contributed by atoms with E-state index in [0.717, 1.165) is 34.0 Å². The van der Waals surface area contributed by atoms with Crippen molar-refractivity contribution in [2.75, 3.05) is 50.2 Å². The molecule has 586 valence electrons. The SMILES string of the molecule is Cc1cc(C#N)cc(O)c1-c1cnc(O)c(NC(=S)N[C@H]2CNC[C@@H](O[Si](c3ccccc3)(c3ccccc3)C(C)(C)C)C2)n1.Cc1cc(C#N)cc(OCOCC[Si](C)(C)C)c1-c1cnc(OCc2ccccc2)c(NC(=S)N[C@@H]2C[C@H](O[Si](c3ccccc3)(c3ccccc3)C(C)(C)C)CN(C(=O)OC(C)(C)C)C2)n1. The largest absolute Gasteiger partial charge is 0.507 e. The Hall–Kier alpha value is -9.98. The molecule has 2 fully saturated rings. The topological polar surface area (TPSA) is 275 Å². The fraction of sp³-hybridized carbons (Fsp3) is 0.360. The summed E-state index contributed by atoms with van der Waals surface area (Å²) in [6.07, 6.45) is 3.35. The number of rotatable bonds is 23. The number of hydrogen-bond acceptors (Lipinski definition) is 18. The number of piperidine rings is 2. The number of phenolic OH excluding ortho intramolecular Hbond substituents is 1. The van der Waals surface area contributed by atoms with E-state index >= 15 is 0 Å². The van der Waals surface area contributed by atoms with E-state index < -0.39 is 42.5 Å². The molecule has 2 saturated heterocycles. The number of aromatic hydroxyl groups is 2. The number of benzene rings is 7. The molecule has 2 aliphatic rings.